The Kier molecular flexibility index (Phi) is 2.49. The fourth-order valence-electron chi connectivity index (χ4n) is 1.74. The number of hydrogen-bond acceptors (Lipinski definition) is 5. The molecule has 0 amide bonds. The van der Waals surface area contributed by atoms with Crippen LogP contribution in [-0.4, -0.2) is 16.5 Å². The number of carbonyl (C=O) groups is 1. The van der Waals surface area contributed by atoms with E-state index >= 15 is 0 Å². The van der Waals surface area contributed by atoms with Gasteiger partial charge in [-0.3, -0.25) is 4.79 Å². The molecule has 5 nitrogen and oxygen atoms in total. The summed E-state index contributed by atoms with van der Waals surface area (Å²) in [4.78, 5) is 10.6. The van der Waals surface area contributed by atoms with E-state index < -0.39 is 0 Å². The fourth-order valence-corrected chi connectivity index (χ4v) is 1.74. The Hall–Kier alpha value is -2.69. The highest BCUT2D eigenvalue weighted by Crippen LogP contribution is 2.31. The number of benzene rings is 1. The molecule has 88 valence electrons. The molecular weight excluding hydrogens is 232 g/mol. The number of carbonyl (C=O) groups excluding carboxylic acids is 1. The minimum absolute atomic E-state index is 0.283. The molecule has 0 atom stereocenters. The van der Waals surface area contributed by atoms with Gasteiger partial charge in [0.25, 0.3) is 0 Å². The molecule has 2 heterocycles. The van der Waals surface area contributed by atoms with Crippen LogP contribution >= 0.6 is 0 Å². The highest BCUT2D eigenvalue weighted by molar-refractivity contribution is 5.79. The van der Waals surface area contributed by atoms with E-state index in [0.29, 0.717) is 17.9 Å². The lowest BCUT2D eigenvalue weighted by molar-refractivity contribution is 0.110. The van der Waals surface area contributed by atoms with Gasteiger partial charge in [-0.05, 0) is 18.2 Å². The molecule has 1 aromatic carbocycles. The molecule has 0 saturated carbocycles. The Labute approximate surface area is 102 Å². The molecule has 5 heteroatoms. The first-order valence-electron chi connectivity index (χ1n) is 5.29. The van der Waals surface area contributed by atoms with Gasteiger partial charge in [-0.2, -0.15) is 0 Å². The maximum atomic E-state index is 10.6. The number of furan rings is 1. The summed E-state index contributed by atoms with van der Waals surface area (Å²) < 4.78 is 10.6. The van der Waals surface area contributed by atoms with Crippen LogP contribution in [0, 0.1) is 0 Å². The van der Waals surface area contributed by atoms with Crippen molar-refractivity contribution < 1.29 is 13.6 Å². The van der Waals surface area contributed by atoms with E-state index in [1.807, 2.05) is 24.3 Å². The minimum Gasteiger partial charge on any atom is -0.453 e. The van der Waals surface area contributed by atoms with Crippen molar-refractivity contribution >= 4 is 6.29 Å². The van der Waals surface area contributed by atoms with Crippen LogP contribution in [-0.2, 0) is 0 Å². The van der Waals surface area contributed by atoms with Crippen LogP contribution in [0.2, 0.25) is 0 Å². The third-order valence-corrected chi connectivity index (χ3v) is 2.53. The molecule has 3 aromatic rings. The molecule has 0 aliphatic carbocycles. The minimum atomic E-state index is 0.283. The van der Waals surface area contributed by atoms with Crippen LogP contribution < -0.4 is 0 Å². The van der Waals surface area contributed by atoms with Gasteiger partial charge in [0.05, 0.1) is 0 Å². The Bertz CT molecular complexity index is 671. The van der Waals surface area contributed by atoms with E-state index in [9.17, 15) is 4.79 Å². The molecule has 3 rings (SSSR count). The van der Waals surface area contributed by atoms with Gasteiger partial charge in [-0.25, -0.2) is 0 Å². The van der Waals surface area contributed by atoms with Gasteiger partial charge in [0.1, 0.15) is 5.76 Å². The third-order valence-electron chi connectivity index (χ3n) is 2.53. The number of aldehydes is 1. The van der Waals surface area contributed by atoms with Gasteiger partial charge >= 0.3 is 0 Å². The van der Waals surface area contributed by atoms with Crippen LogP contribution in [0.5, 0.6) is 0 Å². The lowest BCUT2D eigenvalue weighted by Crippen LogP contribution is -1.83. The van der Waals surface area contributed by atoms with Crippen molar-refractivity contribution in [3.05, 3.63) is 48.6 Å². The second-order valence-corrected chi connectivity index (χ2v) is 3.61. The van der Waals surface area contributed by atoms with Crippen LogP contribution in [0.4, 0.5) is 0 Å². The van der Waals surface area contributed by atoms with Gasteiger partial charge in [-0.15, -0.1) is 10.2 Å². The van der Waals surface area contributed by atoms with Gasteiger partial charge in [-0.1, -0.05) is 18.2 Å². The summed E-state index contributed by atoms with van der Waals surface area (Å²) in [6.07, 6.45) is 1.93. The predicted molar refractivity (Wildman–Crippen MR) is 62.8 cm³/mol. The van der Waals surface area contributed by atoms with Crippen molar-refractivity contribution in [1.29, 1.82) is 0 Å². The molecule has 0 unspecified atom stereocenters. The van der Waals surface area contributed by atoms with E-state index in [0.717, 1.165) is 11.1 Å². The van der Waals surface area contributed by atoms with Crippen molar-refractivity contribution in [1.82, 2.24) is 10.2 Å². The first-order chi connectivity index (χ1) is 8.88. The van der Waals surface area contributed by atoms with E-state index in [2.05, 4.69) is 10.2 Å². The van der Waals surface area contributed by atoms with Crippen LogP contribution in [0.15, 0.2) is 51.6 Å². The van der Waals surface area contributed by atoms with E-state index in [-0.39, 0.29) is 5.76 Å². The number of rotatable bonds is 3. The molecule has 2 aromatic heterocycles. The second-order valence-electron chi connectivity index (χ2n) is 3.61. The molecule has 0 spiro atoms. The Balaban J connectivity index is 2.15. The molecule has 0 bridgehead atoms. The standard InChI is InChI=1S/C13H8N2O3/c16-7-9-5-6-12(18-9)10-3-1-2-4-11(10)13-15-14-8-17-13/h1-8H. The van der Waals surface area contributed by atoms with Gasteiger partial charge in [0, 0.05) is 11.1 Å². The van der Waals surface area contributed by atoms with Crippen molar-refractivity contribution in [3.63, 3.8) is 0 Å². The predicted octanol–water partition coefficient (Wildman–Crippen LogP) is 2.81. The molecule has 0 N–H and O–H groups in total. The van der Waals surface area contributed by atoms with E-state index in [1.54, 1.807) is 12.1 Å². The molecule has 0 fully saturated rings. The molecule has 0 aliphatic rings. The fraction of sp³-hybridized carbons (Fsp3) is 0. The van der Waals surface area contributed by atoms with Crippen LogP contribution in [0.1, 0.15) is 10.6 Å². The summed E-state index contributed by atoms with van der Waals surface area (Å²) in [7, 11) is 0. The Morgan fingerprint density at radius 1 is 1.06 bits per heavy atom. The van der Waals surface area contributed by atoms with Crippen molar-refractivity contribution in [2.45, 2.75) is 0 Å². The van der Waals surface area contributed by atoms with Gasteiger partial charge < -0.3 is 8.83 Å². The average molecular weight is 240 g/mol. The highest BCUT2D eigenvalue weighted by atomic mass is 16.4. The largest absolute Gasteiger partial charge is 0.453 e. The van der Waals surface area contributed by atoms with Crippen molar-refractivity contribution in [2.75, 3.05) is 0 Å². The maximum Gasteiger partial charge on any atom is 0.248 e. The van der Waals surface area contributed by atoms with Crippen molar-refractivity contribution in [2.24, 2.45) is 0 Å². The molecule has 0 saturated heterocycles. The van der Waals surface area contributed by atoms with Crippen molar-refractivity contribution in [3.8, 4) is 22.8 Å². The monoisotopic (exact) mass is 240 g/mol. The van der Waals surface area contributed by atoms with E-state index in [4.69, 9.17) is 8.83 Å². The quantitative estimate of drug-likeness (QED) is 0.658. The maximum absolute atomic E-state index is 10.6. The lowest BCUT2D eigenvalue weighted by atomic mass is 10.1. The smallest absolute Gasteiger partial charge is 0.248 e. The number of nitrogens with zero attached hydrogens (tertiary/aromatic N) is 2. The summed E-state index contributed by atoms with van der Waals surface area (Å²) >= 11 is 0. The summed E-state index contributed by atoms with van der Waals surface area (Å²) in [6.45, 7) is 0. The van der Waals surface area contributed by atoms with Gasteiger partial charge in [0.2, 0.25) is 12.3 Å². The molecule has 18 heavy (non-hydrogen) atoms. The third kappa shape index (κ3) is 1.71. The highest BCUT2D eigenvalue weighted by Gasteiger charge is 2.13. The zero-order valence-corrected chi connectivity index (χ0v) is 9.24. The van der Waals surface area contributed by atoms with Gasteiger partial charge in [0.15, 0.2) is 12.0 Å². The average Bonchev–Trinajstić information content (AvgIpc) is 3.10. The summed E-state index contributed by atoms with van der Waals surface area (Å²) in [5, 5.41) is 7.52. The first-order valence-corrected chi connectivity index (χ1v) is 5.29. The topological polar surface area (TPSA) is 69.1 Å². The molecule has 0 aliphatic heterocycles. The van der Waals surface area contributed by atoms with Crippen LogP contribution in [0.3, 0.4) is 0 Å². The summed E-state index contributed by atoms with van der Waals surface area (Å²) in [6, 6.07) is 10.8. The zero-order chi connectivity index (χ0) is 12.4. The lowest BCUT2D eigenvalue weighted by Gasteiger charge is -2.02. The Morgan fingerprint density at radius 3 is 2.56 bits per heavy atom. The Morgan fingerprint density at radius 2 is 1.89 bits per heavy atom. The number of aromatic nitrogens is 2. The second kappa shape index (κ2) is 4.29. The molecule has 0 radical (unpaired) electrons. The summed E-state index contributed by atoms with van der Waals surface area (Å²) in [5.74, 6) is 1.28. The zero-order valence-electron chi connectivity index (χ0n) is 9.24. The number of hydrogen-bond donors (Lipinski definition) is 0. The summed E-state index contributed by atoms with van der Waals surface area (Å²) in [5.41, 5.74) is 1.57. The first kappa shape index (κ1) is 10.5. The molecular formula is C13H8N2O3. The SMILES string of the molecule is O=Cc1ccc(-c2ccccc2-c2nnco2)o1. The normalized spacial score (nSPS) is 10.4. The van der Waals surface area contributed by atoms with Crippen LogP contribution in [0.25, 0.3) is 22.8 Å². The van der Waals surface area contributed by atoms with E-state index in [1.165, 1.54) is 6.39 Å².